The van der Waals surface area contributed by atoms with Crippen LogP contribution in [0.1, 0.15) is 0 Å². The van der Waals surface area contributed by atoms with E-state index in [1.54, 1.807) is 52.0 Å². The second-order valence-corrected chi connectivity index (χ2v) is 8.67. The monoisotopic (exact) mass is 490 g/mol. The van der Waals surface area contributed by atoms with Crippen LogP contribution in [0, 0.1) is 0 Å². The molecule has 0 unspecified atom stereocenters. The van der Waals surface area contributed by atoms with Crippen LogP contribution in [-0.2, 0) is 0 Å². The summed E-state index contributed by atoms with van der Waals surface area (Å²) in [4.78, 5) is 22.9. The summed E-state index contributed by atoms with van der Waals surface area (Å²) in [6.45, 7) is 0. The van der Waals surface area contributed by atoms with Crippen LogP contribution in [0.5, 0.6) is 0 Å². The van der Waals surface area contributed by atoms with Gasteiger partial charge >= 0.3 is 0 Å². The minimum Gasteiger partial charge on any atom is -0.384 e. The van der Waals surface area contributed by atoms with Gasteiger partial charge in [-0.05, 0) is 54.1 Å². The molecular weight excluding hydrogens is 472 g/mol. The summed E-state index contributed by atoms with van der Waals surface area (Å²) >= 11 is 6.12. The van der Waals surface area contributed by atoms with Crippen LogP contribution in [0.4, 0.5) is 5.82 Å². The van der Waals surface area contributed by atoms with Crippen LogP contribution < -0.4 is 11.3 Å². The Bertz CT molecular complexity index is 1740. The van der Waals surface area contributed by atoms with Gasteiger partial charge in [0, 0.05) is 22.3 Å². The molecule has 0 saturated heterocycles. The number of benzene rings is 3. The average Bonchev–Trinajstić information content (AvgIpc) is 3.35. The molecule has 0 saturated carbocycles. The van der Waals surface area contributed by atoms with Crippen LogP contribution in [0.2, 0.25) is 5.02 Å². The summed E-state index contributed by atoms with van der Waals surface area (Å²) in [6.07, 6.45) is 3.29. The molecule has 0 amide bonds. The number of nitrogen functional groups attached to an aromatic ring is 1. The molecule has 0 atom stereocenters. The molecule has 3 aromatic heterocycles. The number of hydrogen-bond acceptors (Lipinski definition) is 5. The van der Waals surface area contributed by atoms with Gasteiger partial charge in [0.25, 0.3) is 5.56 Å². The van der Waals surface area contributed by atoms with E-state index in [0.29, 0.717) is 33.4 Å². The third-order valence-electron chi connectivity index (χ3n) is 5.95. The fourth-order valence-corrected chi connectivity index (χ4v) is 4.26. The number of halogens is 1. The van der Waals surface area contributed by atoms with Crippen LogP contribution in [0.15, 0.2) is 108 Å². The van der Waals surface area contributed by atoms with E-state index in [9.17, 15) is 4.79 Å². The van der Waals surface area contributed by atoms with Gasteiger partial charge in [-0.25, -0.2) is 14.6 Å². The molecular formula is C28H19ClN6O. The molecule has 0 fully saturated rings. The Morgan fingerprint density at radius 2 is 1.42 bits per heavy atom. The summed E-state index contributed by atoms with van der Waals surface area (Å²) in [5, 5.41) is 5.48. The van der Waals surface area contributed by atoms with Gasteiger partial charge in [-0.1, -0.05) is 54.1 Å². The van der Waals surface area contributed by atoms with Gasteiger partial charge in [0.2, 0.25) is 0 Å². The molecule has 36 heavy (non-hydrogen) atoms. The predicted molar refractivity (Wildman–Crippen MR) is 143 cm³/mol. The van der Waals surface area contributed by atoms with E-state index in [1.165, 1.54) is 0 Å². The fourth-order valence-electron chi connectivity index (χ4n) is 4.14. The number of rotatable bonds is 4. The molecule has 6 rings (SSSR count). The van der Waals surface area contributed by atoms with Gasteiger partial charge in [-0.3, -0.25) is 9.36 Å². The lowest BCUT2D eigenvalue weighted by Crippen LogP contribution is -2.22. The first-order chi connectivity index (χ1) is 17.6. The van der Waals surface area contributed by atoms with E-state index < -0.39 is 0 Å². The highest BCUT2D eigenvalue weighted by atomic mass is 35.5. The van der Waals surface area contributed by atoms with E-state index >= 15 is 0 Å². The normalized spacial score (nSPS) is 11.1. The third kappa shape index (κ3) is 3.81. The average molecular weight is 491 g/mol. The van der Waals surface area contributed by atoms with Gasteiger partial charge in [0.1, 0.15) is 17.0 Å². The van der Waals surface area contributed by atoms with Crippen molar-refractivity contribution in [3.05, 3.63) is 119 Å². The molecule has 0 bridgehead atoms. The van der Waals surface area contributed by atoms with Crippen molar-refractivity contribution < 1.29 is 0 Å². The minimum absolute atomic E-state index is 0.216. The maximum atomic E-state index is 13.8. The summed E-state index contributed by atoms with van der Waals surface area (Å²) in [6, 6.07) is 28.2. The molecule has 0 aliphatic heterocycles. The maximum Gasteiger partial charge on any atom is 0.269 e. The number of fused-ring (bicyclic) bond motifs is 1. The number of para-hydroxylation sites is 1. The lowest BCUT2D eigenvalue weighted by Gasteiger charge is -2.14. The topological polar surface area (TPSA) is 91.6 Å². The van der Waals surface area contributed by atoms with Crippen molar-refractivity contribution in [2.75, 3.05) is 5.73 Å². The number of nitrogens with zero attached hydrogens (tertiary/aromatic N) is 5. The van der Waals surface area contributed by atoms with Crippen LogP contribution in [0.3, 0.4) is 0 Å². The van der Waals surface area contributed by atoms with E-state index in [-0.39, 0.29) is 5.56 Å². The van der Waals surface area contributed by atoms with E-state index in [0.717, 1.165) is 22.4 Å². The zero-order valence-electron chi connectivity index (χ0n) is 18.9. The minimum atomic E-state index is -0.216. The number of anilines is 1. The maximum absolute atomic E-state index is 13.8. The van der Waals surface area contributed by atoms with E-state index in [2.05, 4.69) is 10.1 Å². The third-order valence-corrected chi connectivity index (χ3v) is 6.20. The van der Waals surface area contributed by atoms with Crippen molar-refractivity contribution >= 4 is 28.5 Å². The second kappa shape index (κ2) is 8.79. The summed E-state index contributed by atoms with van der Waals surface area (Å²) < 4.78 is 3.27. The Labute approximate surface area is 211 Å². The Morgan fingerprint density at radius 3 is 2.11 bits per heavy atom. The molecule has 8 heteroatoms. The SMILES string of the molecule is Nc1ccc(-c2ccc(-c3nc4c(cnn4-c4ccccc4)c(=O)n3-c3ccc(Cl)cc3)cc2)cn1. The Kier molecular flexibility index (Phi) is 5.32. The highest BCUT2D eigenvalue weighted by Crippen LogP contribution is 2.27. The standard InChI is InChI=1S/C28H19ClN6O/c29-21-11-13-22(14-12-21)34-26(19-8-6-18(7-9-19)20-10-15-25(30)31-16-20)33-27-24(28(34)36)17-32-35(27)23-4-2-1-3-5-23/h1-17H,(H2,30,31). The van der Waals surface area contributed by atoms with Crippen molar-refractivity contribution in [1.29, 1.82) is 0 Å². The molecule has 3 aromatic carbocycles. The second-order valence-electron chi connectivity index (χ2n) is 8.23. The largest absolute Gasteiger partial charge is 0.384 e. The van der Waals surface area contributed by atoms with Gasteiger partial charge in [0.15, 0.2) is 5.65 Å². The lowest BCUT2D eigenvalue weighted by molar-refractivity contribution is 0.888. The van der Waals surface area contributed by atoms with Gasteiger partial charge in [0.05, 0.1) is 17.6 Å². The Morgan fingerprint density at radius 1 is 0.722 bits per heavy atom. The van der Waals surface area contributed by atoms with Crippen molar-refractivity contribution in [3.8, 4) is 33.9 Å². The van der Waals surface area contributed by atoms with Crippen LogP contribution >= 0.6 is 11.6 Å². The molecule has 0 aliphatic carbocycles. The van der Waals surface area contributed by atoms with Crippen LogP contribution in [-0.4, -0.2) is 24.3 Å². The zero-order valence-corrected chi connectivity index (χ0v) is 19.7. The lowest BCUT2D eigenvalue weighted by atomic mass is 10.0. The molecule has 3 heterocycles. The van der Waals surface area contributed by atoms with Crippen LogP contribution in [0.25, 0.3) is 44.9 Å². The first-order valence-electron chi connectivity index (χ1n) is 11.2. The number of pyridine rings is 1. The van der Waals surface area contributed by atoms with Crippen molar-refractivity contribution in [1.82, 2.24) is 24.3 Å². The number of nitrogens with two attached hydrogens (primary N) is 1. The molecule has 174 valence electrons. The Balaban J connectivity index is 1.57. The molecule has 7 nitrogen and oxygen atoms in total. The molecule has 0 spiro atoms. The van der Waals surface area contributed by atoms with Crippen molar-refractivity contribution in [2.45, 2.75) is 0 Å². The zero-order chi connectivity index (χ0) is 24.6. The number of hydrogen-bond donors (Lipinski definition) is 1. The summed E-state index contributed by atoms with van der Waals surface area (Å²) in [7, 11) is 0. The molecule has 0 aliphatic rings. The highest BCUT2D eigenvalue weighted by molar-refractivity contribution is 6.30. The predicted octanol–water partition coefficient (Wildman–Crippen LogP) is 5.54. The molecule has 6 aromatic rings. The van der Waals surface area contributed by atoms with E-state index in [4.69, 9.17) is 22.3 Å². The van der Waals surface area contributed by atoms with Crippen molar-refractivity contribution in [3.63, 3.8) is 0 Å². The first-order valence-corrected chi connectivity index (χ1v) is 11.6. The summed E-state index contributed by atoms with van der Waals surface area (Å²) in [5.41, 5.74) is 10.2. The highest BCUT2D eigenvalue weighted by Gasteiger charge is 2.18. The smallest absolute Gasteiger partial charge is 0.269 e. The van der Waals surface area contributed by atoms with Gasteiger partial charge in [-0.2, -0.15) is 5.10 Å². The fraction of sp³-hybridized carbons (Fsp3) is 0. The van der Waals surface area contributed by atoms with Crippen molar-refractivity contribution in [2.24, 2.45) is 0 Å². The molecule has 0 radical (unpaired) electrons. The van der Waals surface area contributed by atoms with Gasteiger partial charge < -0.3 is 5.73 Å². The first kappa shape index (κ1) is 21.8. The Hall–Kier alpha value is -4.75. The van der Waals surface area contributed by atoms with E-state index in [1.807, 2.05) is 60.7 Å². The molecule has 2 N–H and O–H groups in total. The quantitative estimate of drug-likeness (QED) is 0.350. The van der Waals surface area contributed by atoms with Gasteiger partial charge in [-0.15, -0.1) is 0 Å². The number of aromatic nitrogens is 5. The summed E-state index contributed by atoms with van der Waals surface area (Å²) in [5.74, 6) is 0.962.